The fourth-order valence-electron chi connectivity index (χ4n) is 2.92. The van der Waals surface area contributed by atoms with Crippen molar-refractivity contribution in [1.82, 2.24) is 10.6 Å². The summed E-state index contributed by atoms with van der Waals surface area (Å²) in [5.74, 6) is 1.59. The number of ether oxygens (including phenoxy) is 2. The Morgan fingerprint density at radius 2 is 2.00 bits per heavy atom. The number of guanidine groups is 1. The molecule has 0 aliphatic carbocycles. The van der Waals surface area contributed by atoms with Gasteiger partial charge in [0, 0.05) is 46.1 Å². The number of aliphatic imine (C=N–C) groups is 1. The maximum atomic E-state index is 5.79. The van der Waals surface area contributed by atoms with Crippen LogP contribution in [0.1, 0.15) is 65.2 Å². The van der Waals surface area contributed by atoms with Crippen molar-refractivity contribution in [2.75, 3.05) is 40.0 Å². The molecular weight excluding hydrogens is 302 g/mol. The number of hydrogen-bond acceptors (Lipinski definition) is 3. The summed E-state index contributed by atoms with van der Waals surface area (Å²) in [6, 6.07) is 0.470. The predicted molar refractivity (Wildman–Crippen MR) is 102 cm³/mol. The second-order valence-electron chi connectivity index (χ2n) is 6.88. The van der Waals surface area contributed by atoms with Crippen molar-refractivity contribution in [3.05, 3.63) is 0 Å². The van der Waals surface area contributed by atoms with Gasteiger partial charge in [-0.05, 0) is 38.5 Å². The summed E-state index contributed by atoms with van der Waals surface area (Å²) in [5, 5.41) is 6.85. The lowest BCUT2D eigenvalue weighted by Gasteiger charge is -2.21. The van der Waals surface area contributed by atoms with Crippen molar-refractivity contribution in [1.29, 1.82) is 0 Å². The predicted octanol–water partition coefficient (Wildman–Crippen LogP) is 3.34. The Hall–Kier alpha value is -0.810. The highest BCUT2D eigenvalue weighted by molar-refractivity contribution is 5.79. The molecule has 1 heterocycles. The van der Waals surface area contributed by atoms with Gasteiger partial charge in [0.1, 0.15) is 0 Å². The first kappa shape index (κ1) is 21.2. The number of nitrogens with zero attached hydrogens (tertiary/aromatic N) is 1. The van der Waals surface area contributed by atoms with Gasteiger partial charge in [-0.25, -0.2) is 0 Å². The molecule has 0 amide bonds. The van der Waals surface area contributed by atoms with E-state index in [2.05, 4.69) is 29.5 Å². The van der Waals surface area contributed by atoms with E-state index in [0.717, 1.165) is 58.2 Å². The molecule has 0 aromatic heterocycles. The molecule has 1 fully saturated rings. The number of hydrogen-bond donors (Lipinski definition) is 2. The molecule has 0 aromatic rings. The summed E-state index contributed by atoms with van der Waals surface area (Å²) in [4.78, 5) is 4.30. The van der Waals surface area contributed by atoms with Crippen molar-refractivity contribution >= 4 is 5.96 Å². The van der Waals surface area contributed by atoms with E-state index in [9.17, 15) is 0 Å². The van der Waals surface area contributed by atoms with Crippen LogP contribution in [0.15, 0.2) is 4.99 Å². The van der Waals surface area contributed by atoms with Gasteiger partial charge < -0.3 is 20.1 Å². The average Bonchev–Trinajstić information content (AvgIpc) is 2.61. The molecule has 1 atom stereocenters. The standard InChI is InChI=1S/C19H39N3O2/c1-4-5-6-7-9-17(2)22-19(20-3)21-12-8-13-24-16-18-10-14-23-15-11-18/h17-18H,4-16H2,1-3H3,(H2,20,21,22). The van der Waals surface area contributed by atoms with E-state index in [1.807, 2.05) is 7.05 Å². The van der Waals surface area contributed by atoms with E-state index in [4.69, 9.17) is 9.47 Å². The van der Waals surface area contributed by atoms with Crippen LogP contribution in [0, 0.1) is 5.92 Å². The third-order valence-electron chi connectivity index (χ3n) is 4.55. The summed E-state index contributed by atoms with van der Waals surface area (Å²) in [6.07, 6.45) is 9.76. The summed E-state index contributed by atoms with van der Waals surface area (Å²) in [5.41, 5.74) is 0. The first-order valence-corrected chi connectivity index (χ1v) is 9.89. The molecule has 1 aliphatic heterocycles. The minimum atomic E-state index is 0.470. The van der Waals surface area contributed by atoms with Crippen LogP contribution in [0.5, 0.6) is 0 Å². The van der Waals surface area contributed by atoms with Crippen LogP contribution >= 0.6 is 0 Å². The van der Waals surface area contributed by atoms with Crippen LogP contribution in [0.4, 0.5) is 0 Å². The minimum Gasteiger partial charge on any atom is -0.381 e. The minimum absolute atomic E-state index is 0.470. The van der Waals surface area contributed by atoms with Crippen molar-refractivity contribution in [3.63, 3.8) is 0 Å². The van der Waals surface area contributed by atoms with Gasteiger partial charge in [0.2, 0.25) is 0 Å². The van der Waals surface area contributed by atoms with Crippen LogP contribution in [-0.2, 0) is 9.47 Å². The molecule has 2 N–H and O–H groups in total. The van der Waals surface area contributed by atoms with Gasteiger partial charge in [0.05, 0.1) is 0 Å². The lowest BCUT2D eigenvalue weighted by atomic mass is 10.0. The van der Waals surface area contributed by atoms with Crippen molar-refractivity contribution in [3.8, 4) is 0 Å². The molecule has 0 aromatic carbocycles. The van der Waals surface area contributed by atoms with E-state index in [1.54, 1.807) is 0 Å². The highest BCUT2D eigenvalue weighted by Crippen LogP contribution is 2.14. The Kier molecular flexibility index (Phi) is 12.9. The largest absolute Gasteiger partial charge is 0.381 e. The topological polar surface area (TPSA) is 54.9 Å². The summed E-state index contributed by atoms with van der Waals surface area (Å²) >= 11 is 0. The Morgan fingerprint density at radius 1 is 1.21 bits per heavy atom. The Labute approximate surface area is 149 Å². The van der Waals surface area contributed by atoms with Crippen LogP contribution in [0.25, 0.3) is 0 Å². The Bertz CT molecular complexity index is 318. The molecule has 0 saturated carbocycles. The second-order valence-corrected chi connectivity index (χ2v) is 6.88. The highest BCUT2D eigenvalue weighted by Gasteiger charge is 2.13. The summed E-state index contributed by atoms with van der Waals surface area (Å²) in [7, 11) is 1.83. The molecule has 24 heavy (non-hydrogen) atoms. The van der Waals surface area contributed by atoms with E-state index < -0.39 is 0 Å². The molecule has 5 nitrogen and oxygen atoms in total. The number of rotatable bonds is 12. The molecule has 142 valence electrons. The first-order valence-electron chi connectivity index (χ1n) is 9.89. The molecule has 1 aliphatic rings. The Balaban J connectivity index is 1.98. The zero-order chi connectivity index (χ0) is 17.5. The molecule has 0 bridgehead atoms. The maximum Gasteiger partial charge on any atom is 0.191 e. The molecule has 1 unspecified atom stereocenters. The van der Waals surface area contributed by atoms with Gasteiger partial charge in [0.25, 0.3) is 0 Å². The van der Waals surface area contributed by atoms with Crippen molar-refractivity contribution < 1.29 is 9.47 Å². The lowest BCUT2D eigenvalue weighted by molar-refractivity contribution is 0.0203. The Morgan fingerprint density at radius 3 is 2.71 bits per heavy atom. The number of nitrogens with one attached hydrogen (secondary N) is 2. The van der Waals surface area contributed by atoms with Crippen molar-refractivity contribution in [2.45, 2.75) is 71.3 Å². The quantitative estimate of drug-likeness (QED) is 0.325. The average molecular weight is 342 g/mol. The molecular formula is C19H39N3O2. The molecule has 1 rings (SSSR count). The first-order chi connectivity index (χ1) is 11.8. The summed E-state index contributed by atoms with van der Waals surface area (Å²) in [6.45, 7) is 8.87. The fourth-order valence-corrected chi connectivity index (χ4v) is 2.92. The third-order valence-corrected chi connectivity index (χ3v) is 4.55. The zero-order valence-electron chi connectivity index (χ0n) is 16.1. The smallest absolute Gasteiger partial charge is 0.191 e. The molecule has 0 radical (unpaired) electrons. The molecule has 5 heteroatoms. The van der Waals surface area contributed by atoms with E-state index in [0.29, 0.717) is 12.0 Å². The summed E-state index contributed by atoms with van der Waals surface area (Å²) < 4.78 is 11.2. The van der Waals surface area contributed by atoms with Crippen LogP contribution in [0.3, 0.4) is 0 Å². The third kappa shape index (κ3) is 10.9. The van der Waals surface area contributed by atoms with Gasteiger partial charge in [-0.1, -0.05) is 32.6 Å². The van der Waals surface area contributed by atoms with Gasteiger partial charge >= 0.3 is 0 Å². The van der Waals surface area contributed by atoms with Gasteiger partial charge in [0.15, 0.2) is 5.96 Å². The van der Waals surface area contributed by atoms with E-state index in [-0.39, 0.29) is 0 Å². The van der Waals surface area contributed by atoms with Gasteiger partial charge in [-0.2, -0.15) is 0 Å². The van der Waals surface area contributed by atoms with Crippen LogP contribution in [-0.4, -0.2) is 52.0 Å². The van der Waals surface area contributed by atoms with Crippen LogP contribution < -0.4 is 10.6 Å². The van der Waals surface area contributed by atoms with Gasteiger partial charge in [-0.3, -0.25) is 4.99 Å². The lowest BCUT2D eigenvalue weighted by Crippen LogP contribution is -2.42. The maximum absolute atomic E-state index is 5.79. The molecule has 0 spiro atoms. The van der Waals surface area contributed by atoms with E-state index in [1.165, 1.54) is 32.1 Å². The normalized spacial score (nSPS) is 17.7. The van der Waals surface area contributed by atoms with Gasteiger partial charge in [-0.15, -0.1) is 0 Å². The zero-order valence-corrected chi connectivity index (χ0v) is 16.1. The monoisotopic (exact) mass is 341 g/mol. The SMILES string of the molecule is CCCCCCC(C)NC(=NC)NCCCOCC1CCOCC1. The number of unbranched alkanes of at least 4 members (excludes halogenated alkanes) is 3. The van der Waals surface area contributed by atoms with E-state index >= 15 is 0 Å². The fraction of sp³-hybridized carbons (Fsp3) is 0.947. The van der Waals surface area contributed by atoms with Crippen molar-refractivity contribution in [2.24, 2.45) is 10.9 Å². The molecule has 1 saturated heterocycles. The van der Waals surface area contributed by atoms with Crippen LogP contribution in [0.2, 0.25) is 0 Å². The highest BCUT2D eigenvalue weighted by atomic mass is 16.5. The second kappa shape index (κ2) is 14.5.